The van der Waals surface area contributed by atoms with Crippen LogP contribution in [-0.4, -0.2) is 44.9 Å². The molecule has 2 aliphatic rings. The van der Waals surface area contributed by atoms with Gasteiger partial charge in [0.25, 0.3) is 5.91 Å². The molecule has 0 aromatic carbocycles. The number of nitrogens with zero attached hydrogens (tertiary/aromatic N) is 3. The molecule has 0 radical (unpaired) electrons. The van der Waals surface area contributed by atoms with E-state index in [2.05, 4.69) is 31.2 Å². The smallest absolute Gasteiger partial charge is 0.260 e. The van der Waals surface area contributed by atoms with E-state index in [1.165, 1.54) is 0 Å². The van der Waals surface area contributed by atoms with Crippen molar-refractivity contribution in [2.24, 2.45) is 0 Å². The van der Waals surface area contributed by atoms with Crippen molar-refractivity contribution in [1.82, 2.24) is 14.7 Å². The van der Waals surface area contributed by atoms with Gasteiger partial charge in [-0.3, -0.25) is 4.79 Å². The quantitative estimate of drug-likeness (QED) is 0.900. The molecule has 1 saturated heterocycles. The molecular weight excluding hydrogens is 319 g/mol. The van der Waals surface area contributed by atoms with Crippen LogP contribution in [0.5, 0.6) is 0 Å². The highest BCUT2D eigenvalue weighted by atomic mass is 19.1. The largest absolute Gasteiger partial charge is 0.367 e. The van der Waals surface area contributed by atoms with Gasteiger partial charge in [-0.05, 0) is 47.0 Å². The van der Waals surface area contributed by atoms with Gasteiger partial charge in [-0.2, -0.15) is 5.10 Å². The number of aromatic nitrogens is 2. The highest BCUT2D eigenvalue weighted by Crippen LogP contribution is 2.41. The zero-order valence-corrected chi connectivity index (χ0v) is 16.3. The lowest BCUT2D eigenvalue weighted by Gasteiger charge is -2.39. The first-order valence-corrected chi connectivity index (χ1v) is 9.48. The minimum absolute atomic E-state index is 0.0833. The van der Waals surface area contributed by atoms with Crippen LogP contribution in [0.4, 0.5) is 10.2 Å². The summed E-state index contributed by atoms with van der Waals surface area (Å²) in [4.78, 5) is 15.2. The highest BCUT2D eigenvalue weighted by Gasteiger charge is 2.48. The van der Waals surface area contributed by atoms with Gasteiger partial charge in [0.05, 0.1) is 17.8 Å². The van der Waals surface area contributed by atoms with Gasteiger partial charge in [-0.15, -0.1) is 0 Å². The van der Waals surface area contributed by atoms with E-state index in [9.17, 15) is 9.18 Å². The Bertz CT molecular complexity index is 677. The third-order valence-corrected chi connectivity index (χ3v) is 6.15. The van der Waals surface area contributed by atoms with Crippen LogP contribution in [0.25, 0.3) is 0 Å². The van der Waals surface area contributed by atoms with E-state index < -0.39 is 6.17 Å². The van der Waals surface area contributed by atoms with E-state index in [4.69, 9.17) is 0 Å². The summed E-state index contributed by atoms with van der Waals surface area (Å²) in [5.41, 5.74) is 0.801. The Morgan fingerprint density at radius 3 is 2.56 bits per heavy atom. The van der Waals surface area contributed by atoms with Crippen LogP contribution in [-0.2, 0) is 5.54 Å². The van der Waals surface area contributed by atoms with Gasteiger partial charge in [0.1, 0.15) is 17.6 Å². The fraction of sp³-hybridized carbons (Fsp3) is 0.789. The highest BCUT2D eigenvalue weighted by molar-refractivity contribution is 6.01. The topological polar surface area (TPSA) is 50.2 Å². The number of amides is 1. The van der Waals surface area contributed by atoms with Crippen LogP contribution in [0.1, 0.15) is 76.4 Å². The number of hydrogen-bond donors (Lipinski definition) is 1. The average Bonchev–Trinajstić information content (AvgIpc) is 3.04. The molecule has 0 aliphatic carbocycles. The summed E-state index contributed by atoms with van der Waals surface area (Å²) in [5.74, 6) is 0.703. The van der Waals surface area contributed by atoms with E-state index in [1.54, 1.807) is 4.90 Å². The molecule has 140 valence electrons. The van der Waals surface area contributed by atoms with Gasteiger partial charge < -0.3 is 10.2 Å². The van der Waals surface area contributed by atoms with Gasteiger partial charge in [0.15, 0.2) is 0 Å². The summed E-state index contributed by atoms with van der Waals surface area (Å²) in [7, 11) is 0. The lowest BCUT2D eigenvalue weighted by atomic mass is 9.89. The Balaban J connectivity index is 2.06. The number of anilines is 1. The Kier molecular flexibility index (Phi) is 4.36. The second-order valence-electron chi connectivity index (χ2n) is 8.43. The first kappa shape index (κ1) is 18.2. The summed E-state index contributed by atoms with van der Waals surface area (Å²) in [6.07, 6.45) is 1.97. The van der Waals surface area contributed by atoms with Crippen molar-refractivity contribution in [2.75, 3.05) is 11.9 Å². The molecule has 0 saturated carbocycles. The van der Waals surface area contributed by atoms with Crippen LogP contribution >= 0.6 is 0 Å². The van der Waals surface area contributed by atoms with Crippen molar-refractivity contribution >= 4 is 11.7 Å². The first-order valence-electron chi connectivity index (χ1n) is 9.48. The fourth-order valence-electron chi connectivity index (χ4n) is 4.81. The number of aryl methyl sites for hydroxylation is 1. The Hall–Kier alpha value is -1.59. The Labute approximate surface area is 150 Å². The monoisotopic (exact) mass is 350 g/mol. The van der Waals surface area contributed by atoms with E-state index >= 15 is 0 Å². The lowest BCUT2D eigenvalue weighted by molar-refractivity contribution is 0.0572. The minimum Gasteiger partial charge on any atom is -0.367 e. The summed E-state index contributed by atoms with van der Waals surface area (Å²) in [6.45, 7) is 12.6. The molecule has 0 bridgehead atoms. The first-order chi connectivity index (χ1) is 11.6. The maximum atomic E-state index is 14.2. The third-order valence-electron chi connectivity index (χ3n) is 6.15. The van der Waals surface area contributed by atoms with Crippen molar-refractivity contribution in [1.29, 1.82) is 0 Å². The molecule has 0 spiro atoms. The Morgan fingerprint density at radius 2 is 1.96 bits per heavy atom. The summed E-state index contributed by atoms with van der Waals surface area (Å²) < 4.78 is 16.2. The number of carbonyl (C=O) groups is 1. The third kappa shape index (κ3) is 2.74. The van der Waals surface area contributed by atoms with E-state index in [0.29, 0.717) is 12.0 Å². The lowest BCUT2D eigenvalue weighted by Crippen LogP contribution is -2.47. The second-order valence-corrected chi connectivity index (χ2v) is 8.43. The van der Waals surface area contributed by atoms with Crippen molar-refractivity contribution in [3.8, 4) is 0 Å². The number of likely N-dealkylation sites (tertiary alicyclic amines) is 1. The van der Waals surface area contributed by atoms with Gasteiger partial charge >= 0.3 is 0 Å². The van der Waals surface area contributed by atoms with Gasteiger partial charge in [0.2, 0.25) is 0 Å². The van der Waals surface area contributed by atoms with Crippen molar-refractivity contribution in [2.45, 2.75) is 90.5 Å². The second kappa shape index (κ2) is 5.99. The molecule has 1 unspecified atom stereocenters. The molecule has 1 N–H and O–H groups in total. The summed E-state index contributed by atoms with van der Waals surface area (Å²) >= 11 is 0. The zero-order chi connectivity index (χ0) is 18.6. The number of rotatable bonds is 3. The number of halogens is 1. The molecule has 5 nitrogen and oxygen atoms in total. The molecule has 3 heterocycles. The molecule has 1 fully saturated rings. The number of hydrogen-bond acceptors (Lipinski definition) is 3. The summed E-state index contributed by atoms with van der Waals surface area (Å²) in [5, 5.41) is 8.11. The van der Waals surface area contributed by atoms with Crippen LogP contribution < -0.4 is 5.32 Å². The SMILES string of the molecule is CCC1(CC)CC(F)CN1C(=O)c1c(C)nn2c1N[C@@H](C)CC2(C)C. The van der Waals surface area contributed by atoms with Crippen molar-refractivity contribution in [3.63, 3.8) is 0 Å². The molecule has 6 heteroatoms. The molecular formula is C19H31FN4O. The number of alkyl halides is 1. The zero-order valence-electron chi connectivity index (χ0n) is 16.3. The van der Waals surface area contributed by atoms with Gasteiger partial charge in [-0.1, -0.05) is 13.8 Å². The van der Waals surface area contributed by atoms with Gasteiger partial charge in [0, 0.05) is 18.0 Å². The van der Waals surface area contributed by atoms with Crippen LogP contribution in [0, 0.1) is 6.92 Å². The number of fused-ring (bicyclic) bond motifs is 1. The fourth-order valence-corrected chi connectivity index (χ4v) is 4.81. The van der Waals surface area contributed by atoms with E-state index in [-0.39, 0.29) is 29.6 Å². The van der Waals surface area contributed by atoms with Crippen LogP contribution in [0.15, 0.2) is 0 Å². The molecule has 25 heavy (non-hydrogen) atoms. The van der Waals surface area contributed by atoms with E-state index in [1.807, 2.05) is 25.5 Å². The van der Waals surface area contributed by atoms with E-state index in [0.717, 1.165) is 30.8 Å². The average molecular weight is 350 g/mol. The molecule has 1 aromatic rings. The Morgan fingerprint density at radius 1 is 1.32 bits per heavy atom. The molecule has 1 aromatic heterocycles. The van der Waals surface area contributed by atoms with Crippen molar-refractivity contribution in [3.05, 3.63) is 11.3 Å². The van der Waals surface area contributed by atoms with Crippen LogP contribution in [0.2, 0.25) is 0 Å². The minimum atomic E-state index is -0.945. The maximum Gasteiger partial charge on any atom is 0.260 e. The number of carbonyl (C=O) groups excluding carboxylic acids is 1. The predicted molar refractivity (Wildman–Crippen MR) is 97.9 cm³/mol. The standard InChI is InChI=1S/C19H31FN4O/c1-7-19(8-2)10-14(20)11-23(19)17(25)15-13(4)22-24-16(15)21-12(3)9-18(24,5)6/h12,14,21H,7-11H2,1-6H3/t12-,14?/m0/s1. The predicted octanol–water partition coefficient (Wildman–Crippen LogP) is 3.87. The molecule has 2 aliphatic heterocycles. The van der Waals surface area contributed by atoms with Gasteiger partial charge in [-0.25, -0.2) is 9.07 Å². The summed E-state index contributed by atoms with van der Waals surface area (Å²) in [6, 6.07) is 0.264. The molecule has 2 atom stereocenters. The number of nitrogens with one attached hydrogen (secondary N) is 1. The van der Waals surface area contributed by atoms with Crippen molar-refractivity contribution < 1.29 is 9.18 Å². The molecule has 3 rings (SSSR count). The van der Waals surface area contributed by atoms with Crippen LogP contribution in [0.3, 0.4) is 0 Å². The normalized spacial score (nSPS) is 27.1. The molecule has 1 amide bonds. The maximum absolute atomic E-state index is 14.2.